The number of anilines is 1. The maximum atomic E-state index is 4.46. The zero-order valence-electron chi connectivity index (χ0n) is 11.4. The Morgan fingerprint density at radius 3 is 2.50 bits per heavy atom. The Labute approximate surface area is 117 Å². The van der Waals surface area contributed by atoms with Crippen molar-refractivity contribution in [1.29, 1.82) is 0 Å². The molecule has 3 rings (SSSR count). The van der Waals surface area contributed by atoms with Crippen LogP contribution in [0.5, 0.6) is 0 Å². The highest BCUT2D eigenvalue weighted by Crippen LogP contribution is 2.18. The summed E-state index contributed by atoms with van der Waals surface area (Å²) in [5.74, 6) is 0. The molecule has 0 saturated carbocycles. The predicted octanol–water partition coefficient (Wildman–Crippen LogP) is 2.77. The lowest BCUT2D eigenvalue weighted by Crippen LogP contribution is -2.08. The van der Waals surface area contributed by atoms with Crippen LogP contribution >= 0.6 is 0 Å². The molecule has 0 bridgehead atoms. The minimum atomic E-state index is 0.822. The van der Waals surface area contributed by atoms with Gasteiger partial charge in [-0.05, 0) is 35.9 Å². The molecule has 0 spiro atoms. The second-order valence-corrected chi connectivity index (χ2v) is 4.74. The first-order valence-corrected chi connectivity index (χ1v) is 6.34. The van der Waals surface area contributed by atoms with E-state index < -0.39 is 0 Å². The van der Waals surface area contributed by atoms with Crippen molar-refractivity contribution in [2.24, 2.45) is 4.99 Å². The number of H-pyrrole nitrogens is 1. The van der Waals surface area contributed by atoms with Crippen LogP contribution in [0.4, 0.5) is 11.4 Å². The van der Waals surface area contributed by atoms with Crippen LogP contribution in [-0.2, 0) is 0 Å². The lowest BCUT2D eigenvalue weighted by molar-refractivity contribution is 0.959. The molecule has 20 heavy (non-hydrogen) atoms. The second kappa shape index (κ2) is 5.13. The monoisotopic (exact) mass is 265 g/mol. The Balaban J connectivity index is 1.82. The van der Waals surface area contributed by atoms with E-state index in [1.54, 1.807) is 0 Å². The summed E-state index contributed by atoms with van der Waals surface area (Å²) in [7, 11) is 4.05. The van der Waals surface area contributed by atoms with Crippen molar-refractivity contribution < 1.29 is 0 Å². The molecule has 0 amide bonds. The van der Waals surface area contributed by atoms with E-state index in [4.69, 9.17) is 0 Å². The molecule has 1 aromatic heterocycles. The van der Waals surface area contributed by atoms with Crippen LogP contribution in [0.25, 0.3) is 11.0 Å². The molecule has 0 atom stereocenters. The first-order chi connectivity index (χ1) is 9.72. The second-order valence-electron chi connectivity index (χ2n) is 4.74. The fraction of sp³-hybridized carbons (Fsp3) is 0.133. The van der Waals surface area contributed by atoms with Crippen LogP contribution in [0, 0.1) is 0 Å². The van der Waals surface area contributed by atoms with E-state index in [2.05, 4.69) is 37.4 Å². The maximum Gasteiger partial charge on any atom is 0.115 e. The van der Waals surface area contributed by atoms with Gasteiger partial charge in [-0.25, -0.2) is 0 Å². The molecule has 1 heterocycles. The third kappa shape index (κ3) is 2.51. The van der Waals surface area contributed by atoms with E-state index in [1.807, 2.05) is 50.6 Å². The minimum absolute atomic E-state index is 0.822. The lowest BCUT2D eigenvalue weighted by Gasteiger charge is -2.11. The van der Waals surface area contributed by atoms with Gasteiger partial charge in [0.25, 0.3) is 0 Å². The molecule has 100 valence electrons. The zero-order valence-corrected chi connectivity index (χ0v) is 11.4. The molecule has 0 saturated heterocycles. The van der Waals surface area contributed by atoms with Crippen molar-refractivity contribution in [1.82, 2.24) is 15.4 Å². The summed E-state index contributed by atoms with van der Waals surface area (Å²) in [5, 5.41) is 10.7. The van der Waals surface area contributed by atoms with Gasteiger partial charge >= 0.3 is 0 Å². The van der Waals surface area contributed by atoms with Crippen LogP contribution < -0.4 is 4.90 Å². The van der Waals surface area contributed by atoms with Crippen molar-refractivity contribution in [3.8, 4) is 0 Å². The summed E-state index contributed by atoms with van der Waals surface area (Å²) in [4.78, 5) is 6.53. The highest BCUT2D eigenvalue weighted by atomic mass is 15.3. The van der Waals surface area contributed by atoms with Gasteiger partial charge in [-0.3, -0.25) is 4.99 Å². The molecule has 3 aromatic rings. The fourth-order valence-corrected chi connectivity index (χ4v) is 1.92. The van der Waals surface area contributed by atoms with E-state index >= 15 is 0 Å². The number of hydrogen-bond acceptors (Lipinski definition) is 4. The minimum Gasteiger partial charge on any atom is -0.378 e. The first-order valence-electron chi connectivity index (χ1n) is 6.34. The number of aromatic amines is 1. The molecule has 0 unspecified atom stereocenters. The molecule has 1 N–H and O–H groups in total. The van der Waals surface area contributed by atoms with Crippen LogP contribution in [0.2, 0.25) is 0 Å². The topological polar surface area (TPSA) is 57.2 Å². The number of nitrogens with one attached hydrogen (secondary N) is 1. The average molecular weight is 265 g/mol. The number of nitrogens with zero attached hydrogens (tertiary/aromatic N) is 4. The van der Waals surface area contributed by atoms with Gasteiger partial charge < -0.3 is 4.90 Å². The van der Waals surface area contributed by atoms with Gasteiger partial charge in [0, 0.05) is 26.0 Å². The normalized spacial score (nSPS) is 11.3. The molecule has 0 aliphatic heterocycles. The van der Waals surface area contributed by atoms with Gasteiger partial charge in [-0.2, -0.15) is 15.4 Å². The lowest BCUT2D eigenvalue weighted by atomic mass is 10.2. The summed E-state index contributed by atoms with van der Waals surface area (Å²) >= 11 is 0. The SMILES string of the molecule is CN(C)c1ccc(C=Nc2ccc3n[nH]nc3c2)cc1. The number of benzene rings is 2. The largest absolute Gasteiger partial charge is 0.378 e. The summed E-state index contributed by atoms with van der Waals surface area (Å²) < 4.78 is 0. The molecule has 0 aliphatic rings. The molecule has 2 aromatic carbocycles. The Morgan fingerprint density at radius 1 is 1.00 bits per heavy atom. The van der Waals surface area contributed by atoms with Crippen LogP contribution in [0.1, 0.15) is 5.56 Å². The predicted molar refractivity (Wildman–Crippen MR) is 81.9 cm³/mol. The quantitative estimate of drug-likeness (QED) is 0.741. The first kappa shape index (κ1) is 12.3. The van der Waals surface area contributed by atoms with E-state index in [0.717, 1.165) is 22.3 Å². The van der Waals surface area contributed by atoms with E-state index in [9.17, 15) is 0 Å². The fourth-order valence-electron chi connectivity index (χ4n) is 1.92. The van der Waals surface area contributed by atoms with E-state index in [-0.39, 0.29) is 0 Å². The van der Waals surface area contributed by atoms with Crippen molar-refractivity contribution in [2.45, 2.75) is 0 Å². The Morgan fingerprint density at radius 2 is 1.75 bits per heavy atom. The number of aliphatic imine (C=N–C) groups is 1. The Hall–Kier alpha value is -2.69. The van der Waals surface area contributed by atoms with Gasteiger partial charge in [0.1, 0.15) is 11.0 Å². The molecule has 5 nitrogen and oxygen atoms in total. The van der Waals surface area contributed by atoms with Gasteiger partial charge in [0.05, 0.1) is 5.69 Å². The molecular formula is C15H15N5. The van der Waals surface area contributed by atoms with Gasteiger partial charge in [-0.15, -0.1) is 0 Å². The molecular weight excluding hydrogens is 250 g/mol. The number of rotatable bonds is 3. The number of aromatic nitrogens is 3. The highest BCUT2D eigenvalue weighted by molar-refractivity contribution is 5.84. The number of hydrogen-bond donors (Lipinski definition) is 1. The van der Waals surface area contributed by atoms with Gasteiger partial charge in [0.2, 0.25) is 0 Å². The van der Waals surface area contributed by atoms with Crippen molar-refractivity contribution >= 4 is 28.6 Å². The average Bonchev–Trinajstić information content (AvgIpc) is 2.93. The van der Waals surface area contributed by atoms with Crippen LogP contribution in [-0.4, -0.2) is 35.7 Å². The molecule has 5 heteroatoms. The van der Waals surface area contributed by atoms with Crippen LogP contribution in [0.15, 0.2) is 47.5 Å². The molecule has 0 radical (unpaired) electrons. The Bertz CT molecular complexity index is 740. The van der Waals surface area contributed by atoms with E-state index in [1.165, 1.54) is 5.69 Å². The smallest absolute Gasteiger partial charge is 0.115 e. The summed E-state index contributed by atoms with van der Waals surface area (Å²) in [6.45, 7) is 0. The molecule has 0 fully saturated rings. The third-order valence-electron chi connectivity index (χ3n) is 3.07. The number of fused-ring (bicyclic) bond motifs is 1. The molecule has 0 aliphatic carbocycles. The maximum absolute atomic E-state index is 4.46. The summed E-state index contributed by atoms with van der Waals surface area (Å²) in [5.41, 5.74) is 4.77. The van der Waals surface area contributed by atoms with Crippen molar-refractivity contribution in [3.63, 3.8) is 0 Å². The zero-order chi connectivity index (χ0) is 13.9. The van der Waals surface area contributed by atoms with Gasteiger partial charge in [-0.1, -0.05) is 12.1 Å². The summed E-state index contributed by atoms with van der Waals surface area (Å²) in [6, 6.07) is 14.0. The highest BCUT2D eigenvalue weighted by Gasteiger charge is 1.98. The van der Waals surface area contributed by atoms with Crippen LogP contribution in [0.3, 0.4) is 0 Å². The Kier molecular flexibility index (Phi) is 3.16. The summed E-state index contributed by atoms with van der Waals surface area (Å²) in [6.07, 6.45) is 1.85. The van der Waals surface area contributed by atoms with Crippen molar-refractivity contribution in [2.75, 3.05) is 19.0 Å². The van der Waals surface area contributed by atoms with Crippen molar-refractivity contribution in [3.05, 3.63) is 48.0 Å². The van der Waals surface area contributed by atoms with Gasteiger partial charge in [0.15, 0.2) is 0 Å². The third-order valence-corrected chi connectivity index (χ3v) is 3.07. The standard InChI is InChI=1S/C15H15N5/c1-20(2)13-6-3-11(4-7-13)10-16-12-5-8-14-15(9-12)18-19-17-14/h3-10H,1-2H3,(H,17,18,19). The van der Waals surface area contributed by atoms with E-state index in [0.29, 0.717) is 0 Å².